The first kappa shape index (κ1) is 12.1. The zero-order valence-corrected chi connectivity index (χ0v) is 10.5. The van der Waals surface area contributed by atoms with Crippen LogP contribution in [0.5, 0.6) is 0 Å². The van der Waals surface area contributed by atoms with Gasteiger partial charge in [-0.2, -0.15) is 4.98 Å². The fourth-order valence-corrected chi connectivity index (χ4v) is 1.99. The Bertz CT molecular complexity index is 522. The van der Waals surface area contributed by atoms with Gasteiger partial charge in [-0.05, 0) is 17.5 Å². The standard InChI is InChI=1S/C12H14ClN3O/c1-7(2)9-4-3-8(5-10(9)13)12-15-11(6-14)17-16-12/h3-5,7H,6,14H2,1-2H3. The molecular formula is C12H14ClN3O. The first-order chi connectivity index (χ1) is 8.11. The van der Waals surface area contributed by atoms with Crippen molar-refractivity contribution in [1.29, 1.82) is 0 Å². The van der Waals surface area contributed by atoms with E-state index < -0.39 is 0 Å². The average molecular weight is 252 g/mol. The average Bonchev–Trinajstić information content (AvgIpc) is 2.76. The minimum Gasteiger partial charge on any atom is -0.338 e. The van der Waals surface area contributed by atoms with Gasteiger partial charge < -0.3 is 10.3 Å². The molecule has 2 rings (SSSR count). The third-order valence-electron chi connectivity index (χ3n) is 2.52. The van der Waals surface area contributed by atoms with Crippen LogP contribution in [-0.4, -0.2) is 10.1 Å². The summed E-state index contributed by atoms with van der Waals surface area (Å²) in [5.41, 5.74) is 7.36. The molecule has 17 heavy (non-hydrogen) atoms. The Labute approximate surface area is 105 Å². The van der Waals surface area contributed by atoms with Crippen LogP contribution in [0.4, 0.5) is 0 Å². The van der Waals surface area contributed by atoms with Gasteiger partial charge in [-0.15, -0.1) is 0 Å². The lowest BCUT2D eigenvalue weighted by atomic mass is 10.0. The van der Waals surface area contributed by atoms with Crippen molar-refractivity contribution in [1.82, 2.24) is 10.1 Å². The van der Waals surface area contributed by atoms with Gasteiger partial charge in [-0.1, -0.05) is 42.7 Å². The molecule has 0 fully saturated rings. The van der Waals surface area contributed by atoms with Crippen LogP contribution in [0.15, 0.2) is 22.7 Å². The Morgan fingerprint density at radius 1 is 1.41 bits per heavy atom. The molecule has 0 amide bonds. The predicted molar refractivity (Wildman–Crippen MR) is 66.7 cm³/mol. The zero-order valence-electron chi connectivity index (χ0n) is 9.77. The maximum Gasteiger partial charge on any atom is 0.240 e. The molecule has 0 atom stereocenters. The summed E-state index contributed by atoms with van der Waals surface area (Å²) in [6.45, 7) is 4.44. The SMILES string of the molecule is CC(C)c1ccc(-c2noc(CN)n2)cc1Cl. The van der Waals surface area contributed by atoms with Gasteiger partial charge in [0.25, 0.3) is 0 Å². The van der Waals surface area contributed by atoms with Crippen molar-refractivity contribution in [2.45, 2.75) is 26.3 Å². The third kappa shape index (κ3) is 2.48. The Morgan fingerprint density at radius 2 is 2.18 bits per heavy atom. The molecule has 4 nitrogen and oxygen atoms in total. The van der Waals surface area contributed by atoms with Crippen molar-refractivity contribution in [3.05, 3.63) is 34.7 Å². The van der Waals surface area contributed by atoms with Gasteiger partial charge in [0.15, 0.2) is 0 Å². The highest BCUT2D eigenvalue weighted by Gasteiger charge is 2.11. The fraction of sp³-hybridized carbons (Fsp3) is 0.333. The Morgan fingerprint density at radius 3 is 2.71 bits per heavy atom. The van der Waals surface area contributed by atoms with E-state index >= 15 is 0 Å². The minimum absolute atomic E-state index is 0.241. The summed E-state index contributed by atoms with van der Waals surface area (Å²) >= 11 is 6.20. The lowest BCUT2D eigenvalue weighted by Gasteiger charge is -2.08. The molecule has 0 unspecified atom stereocenters. The van der Waals surface area contributed by atoms with Crippen molar-refractivity contribution in [2.75, 3.05) is 0 Å². The van der Waals surface area contributed by atoms with Gasteiger partial charge in [0.05, 0.1) is 6.54 Å². The number of nitrogens with two attached hydrogens (primary N) is 1. The molecular weight excluding hydrogens is 238 g/mol. The van der Waals surface area contributed by atoms with E-state index in [9.17, 15) is 0 Å². The van der Waals surface area contributed by atoms with Gasteiger partial charge in [0.2, 0.25) is 11.7 Å². The van der Waals surface area contributed by atoms with Gasteiger partial charge in [-0.3, -0.25) is 0 Å². The summed E-state index contributed by atoms with van der Waals surface area (Å²) in [5.74, 6) is 1.33. The first-order valence-electron chi connectivity index (χ1n) is 5.44. The molecule has 0 saturated carbocycles. The van der Waals surface area contributed by atoms with E-state index in [4.69, 9.17) is 21.9 Å². The van der Waals surface area contributed by atoms with Crippen LogP contribution in [0.1, 0.15) is 31.2 Å². The van der Waals surface area contributed by atoms with Crippen LogP contribution in [0.25, 0.3) is 11.4 Å². The van der Waals surface area contributed by atoms with Crippen molar-refractivity contribution in [3.8, 4) is 11.4 Å². The minimum atomic E-state index is 0.241. The topological polar surface area (TPSA) is 64.9 Å². The summed E-state index contributed by atoms with van der Waals surface area (Å²) in [7, 11) is 0. The van der Waals surface area contributed by atoms with E-state index in [1.165, 1.54) is 0 Å². The molecule has 0 radical (unpaired) electrons. The number of rotatable bonds is 3. The number of halogens is 1. The molecule has 1 aromatic heterocycles. The lowest BCUT2D eigenvalue weighted by molar-refractivity contribution is 0.380. The summed E-state index contributed by atoms with van der Waals surface area (Å²) < 4.78 is 4.96. The van der Waals surface area contributed by atoms with E-state index in [2.05, 4.69) is 24.0 Å². The molecule has 0 spiro atoms. The number of hydrogen-bond acceptors (Lipinski definition) is 4. The van der Waals surface area contributed by atoms with Crippen LogP contribution in [0.3, 0.4) is 0 Å². The van der Waals surface area contributed by atoms with Gasteiger partial charge in [-0.25, -0.2) is 0 Å². The van der Waals surface area contributed by atoms with Crippen molar-refractivity contribution >= 4 is 11.6 Å². The molecule has 0 aliphatic heterocycles. The zero-order chi connectivity index (χ0) is 12.4. The fourth-order valence-electron chi connectivity index (χ4n) is 1.59. The molecule has 0 saturated heterocycles. The highest BCUT2D eigenvalue weighted by molar-refractivity contribution is 6.31. The van der Waals surface area contributed by atoms with Gasteiger partial charge in [0.1, 0.15) is 0 Å². The van der Waals surface area contributed by atoms with Crippen LogP contribution < -0.4 is 5.73 Å². The monoisotopic (exact) mass is 251 g/mol. The van der Waals surface area contributed by atoms with E-state index in [1.807, 2.05) is 18.2 Å². The first-order valence-corrected chi connectivity index (χ1v) is 5.82. The molecule has 0 bridgehead atoms. The molecule has 0 aliphatic rings. The maximum absolute atomic E-state index is 6.20. The highest BCUT2D eigenvalue weighted by Crippen LogP contribution is 2.28. The maximum atomic E-state index is 6.20. The molecule has 1 aromatic carbocycles. The van der Waals surface area contributed by atoms with Gasteiger partial charge in [0, 0.05) is 10.6 Å². The molecule has 2 aromatic rings. The second kappa shape index (κ2) is 4.85. The lowest BCUT2D eigenvalue weighted by Crippen LogP contribution is -1.95. The van der Waals surface area contributed by atoms with Crippen molar-refractivity contribution < 1.29 is 4.52 Å². The highest BCUT2D eigenvalue weighted by atomic mass is 35.5. The smallest absolute Gasteiger partial charge is 0.240 e. The summed E-state index contributed by atoms with van der Waals surface area (Å²) in [4.78, 5) is 4.15. The molecule has 5 heteroatoms. The second-order valence-corrected chi connectivity index (χ2v) is 4.51. The quantitative estimate of drug-likeness (QED) is 0.911. The van der Waals surface area contributed by atoms with Crippen molar-refractivity contribution in [3.63, 3.8) is 0 Å². The second-order valence-electron chi connectivity index (χ2n) is 4.11. The Hall–Kier alpha value is -1.39. The Balaban J connectivity index is 2.37. The number of aromatic nitrogens is 2. The molecule has 0 aliphatic carbocycles. The normalized spacial score (nSPS) is 11.1. The van der Waals surface area contributed by atoms with Crippen LogP contribution in [0, 0.1) is 0 Å². The largest absolute Gasteiger partial charge is 0.338 e. The molecule has 90 valence electrons. The van der Waals surface area contributed by atoms with E-state index in [0.29, 0.717) is 17.6 Å². The predicted octanol–water partition coefficient (Wildman–Crippen LogP) is 2.97. The third-order valence-corrected chi connectivity index (χ3v) is 2.85. The number of nitrogens with zero attached hydrogens (tertiary/aromatic N) is 2. The van der Waals surface area contributed by atoms with Crippen LogP contribution in [0.2, 0.25) is 5.02 Å². The molecule has 2 N–H and O–H groups in total. The van der Waals surface area contributed by atoms with Crippen LogP contribution in [-0.2, 0) is 6.54 Å². The number of hydrogen-bond donors (Lipinski definition) is 1. The van der Waals surface area contributed by atoms with E-state index in [-0.39, 0.29) is 6.54 Å². The van der Waals surface area contributed by atoms with Gasteiger partial charge >= 0.3 is 0 Å². The van der Waals surface area contributed by atoms with Crippen LogP contribution >= 0.6 is 11.6 Å². The number of benzene rings is 1. The van der Waals surface area contributed by atoms with E-state index in [0.717, 1.165) is 16.1 Å². The molecule has 1 heterocycles. The summed E-state index contributed by atoms with van der Waals surface area (Å²) in [6.07, 6.45) is 0. The Kier molecular flexibility index (Phi) is 3.45. The summed E-state index contributed by atoms with van der Waals surface area (Å²) in [6, 6.07) is 5.77. The van der Waals surface area contributed by atoms with E-state index in [1.54, 1.807) is 0 Å². The summed E-state index contributed by atoms with van der Waals surface area (Å²) in [5, 5.41) is 4.57. The van der Waals surface area contributed by atoms with Crippen molar-refractivity contribution in [2.24, 2.45) is 5.73 Å².